The molecule has 2 aromatic carbocycles. The molecule has 1 aliphatic rings. The number of hydrogen-bond donors (Lipinski definition) is 1. The van der Waals surface area contributed by atoms with Crippen molar-refractivity contribution in [1.29, 1.82) is 0 Å². The van der Waals surface area contributed by atoms with E-state index in [0.29, 0.717) is 31.9 Å². The number of esters is 1. The number of nitrogens with zero attached hydrogens (tertiary/aromatic N) is 2. The van der Waals surface area contributed by atoms with E-state index >= 15 is 0 Å². The molecule has 4 rings (SSSR count). The summed E-state index contributed by atoms with van der Waals surface area (Å²) < 4.78 is 14.1. The summed E-state index contributed by atoms with van der Waals surface area (Å²) in [5, 5.41) is 10.3. The van der Waals surface area contributed by atoms with Crippen LogP contribution in [0, 0.1) is 0 Å². The first-order valence-corrected chi connectivity index (χ1v) is 12.8. The number of phenolic OH excluding ortho intramolecular Hbond substituents is 1. The van der Waals surface area contributed by atoms with Gasteiger partial charge in [-0.05, 0) is 58.0 Å². The van der Waals surface area contributed by atoms with Crippen molar-refractivity contribution in [2.75, 3.05) is 6.61 Å². The second-order valence-corrected chi connectivity index (χ2v) is 10.1. The van der Waals surface area contributed by atoms with Crippen molar-refractivity contribution < 1.29 is 19.4 Å². The van der Waals surface area contributed by atoms with Crippen LogP contribution in [0.1, 0.15) is 44.9 Å². The number of carbonyl (C=O) groups excluding carboxylic acids is 1. The molecule has 7 nitrogen and oxygen atoms in total. The highest BCUT2D eigenvalue weighted by Crippen LogP contribution is 2.36. The van der Waals surface area contributed by atoms with Crippen LogP contribution in [0.4, 0.5) is 0 Å². The monoisotopic (exact) mass is 556 g/mol. The van der Waals surface area contributed by atoms with Gasteiger partial charge >= 0.3 is 5.97 Å². The molecule has 9 heteroatoms. The van der Waals surface area contributed by atoms with E-state index in [1.165, 1.54) is 15.9 Å². The summed E-state index contributed by atoms with van der Waals surface area (Å²) in [4.78, 5) is 31.9. The van der Waals surface area contributed by atoms with E-state index in [1.54, 1.807) is 38.1 Å². The van der Waals surface area contributed by atoms with E-state index in [1.807, 2.05) is 38.1 Å². The number of carbonyl (C=O) groups is 1. The van der Waals surface area contributed by atoms with Gasteiger partial charge < -0.3 is 14.6 Å². The normalized spacial score (nSPS) is 15.7. The minimum atomic E-state index is -0.779. The molecule has 0 spiro atoms. The Hall–Kier alpha value is -3.17. The minimum Gasteiger partial charge on any atom is -0.507 e. The number of allylic oxidation sites excluding steroid dienone is 1. The van der Waals surface area contributed by atoms with Crippen molar-refractivity contribution >= 4 is 39.3 Å². The SMILES string of the molecule is CCOC(=O)C1=C(C)N=c2s/c(=C/c3cc(Br)ccc3O)c(=O)n2C1c1ccccc1OC(C)C. The van der Waals surface area contributed by atoms with Crippen molar-refractivity contribution in [3.63, 3.8) is 0 Å². The van der Waals surface area contributed by atoms with E-state index in [-0.39, 0.29) is 29.6 Å². The van der Waals surface area contributed by atoms with E-state index in [0.717, 1.165) is 4.47 Å². The number of aromatic hydroxyl groups is 1. The molecular weight excluding hydrogens is 532 g/mol. The van der Waals surface area contributed by atoms with Crippen LogP contribution in [0.5, 0.6) is 11.5 Å². The highest BCUT2D eigenvalue weighted by molar-refractivity contribution is 9.10. The topological polar surface area (TPSA) is 90.1 Å². The first-order valence-electron chi connectivity index (χ1n) is 11.1. The highest BCUT2D eigenvalue weighted by Gasteiger charge is 2.35. The third-order valence-corrected chi connectivity index (χ3v) is 6.85. The third-order valence-electron chi connectivity index (χ3n) is 5.37. The van der Waals surface area contributed by atoms with Crippen LogP contribution < -0.4 is 19.6 Å². The molecule has 0 fully saturated rings. The molecule has 0 bridgehead atoms. The van der Waals surface area contributed by atoms with Gasteiger partial charge in [-0.15, -0.1) is 0 Å². The lowest BCUT2D eigenvalue weighted by molar-refractivity contribution is -0.139. The van der Waals surface area contributed by atoms with Crippen LogP contribution >= 0.6 is 27.3 Å². The maximum Gasteiger partial charge on any atom is 0.338 e. The van der Waals surface area contributed by atoms with Crippen LogP contribution in [0.25, 0.3) is 6.08 Å². The maximum atomic E-state index is 13.7. The molecular formula is C26H25BrN2O5S. The maximum absolute atomic E-state index is 13.7. The Labute approximate surface area is 214 Å². The zero-order valence-corrected chi connectivity index (χ0v) is 22.1. The van der Waals surface area contributed by atoms with Gasteiger partial charge in [0.25, 0.3) is 5.56 Å². The summed E-state index contributed by atoms with van der Waals surface area (Å²) in [6.07, 6.45) is 1.52. The molecule has 0 aliphatic carbocycles. The molecule has 182 valence electrons. The van der Waals surface area contributed by atoms with Crippen molar-refractivity contribution in [1.82, 2.24) is 4.57 Å². The summed E-state index contributed by atoms with van der Waals surface area (Å²) >= 11 is 4.59. The molecule has 1 aliphatic heterocycles. The Kier molecular flexibility index (Phi) is 7.28. The molecule has 3 aromatic rings. The van der Waals surface area contributed by atoms with Gasteiger partial charge in [0.15, 0.2) is 4.80 Å². The van der Waals surface area contributed by atoms with Crippen LogP contribution in [0.15, 0.2) is 68.0 Å². The van der Waals surface area contributed by atoms with Crippen molar-refractivity contribution in [2.24, 2.45) is 4.99 Å². The predicted molar refractivity (Wildman–Crippen MR) is 138 cm³/mol. The summed E-state index contributed by atoms with van der Waals surface area (Å²) in [5.41, 5.74) is 1.59. The van der Waals surface area contributed by atoms with Crippen molar-refractivity contribution in [2.45, 2.75) is 39.8 Å². The third kappa shape index (κ3) is 4.97. The van der Waals surface area contributed by atoms with Gasteiger partial charge in [-0.2, -0.15) is 0 Å². The van der Waals surface area contributed by atoms with Gasteiger partial charge in [0.05, 0.1) is 28.5 Å². The largest absolute Gasteiger partial charge is 0.507 e. The molecule has 35 heavy (non-hydrogen) atoms. The van der Waals surface area contributed by atoms with E-state index in [9.17, 15) is 14.7 Å². The summed E-state index contributed by atoms with van der Waals surface area (Å²) in [5.74, 6) is 0.0925. The second kappa shape index (κ2) is 10.2. The number of rotatable bonds is 6. The number of aromatic nitrogens is 1. The summed E-state index contributed by atoms with van der Waals surface area (Å²) in [6, 6.07) is 11.6. The van der Waals surface area contributed by atoms with Gasteiger partial charge in [-0.1, -0.05) is 45.5 Å². The Morgan fingerprint density at radius 3 is 2.74 bits per heavy atom. The number of para-hydroxylation sites is 1. The Bertz CT molecular complexity index is 1500. The number of thiazole rings is 1. The Balaban J connectivity index is 2.00. The standard InChI is InChI=1S/C26H25BrN2O5S/c1-5-33-25(32)22-15(4)28-26-29(23(22)18-8-6-7-9-20(18)34-14(2)3)24(31)21(35-26)13-16-12-17(27)10-11-19(16)30/h6-14,23,30H,5H2,1-4H3/b21-13+. The first-order chi connectivity index (χ1) is 16.7. The highest BCUT2D eigenvalue weighted by atomic mass is 79.9. The first kappa shape index (κ1) is 24.9. The van der Waals surface area contributed by atoms with Crippen molar-refractivity contribution in [3.05, 3.63) is 89.0 Å². The van der Waals surface area contributed by atoms with Gasteiger partial charge in [-0.25, -0.2) is 9.79 Å². The average Bonchev–Trinajstić information content (AvgIpc) is 3.10. The Morgan fingerprint density at radius 2 is 2.03 bits per heavy atom. The van der Waals surface area contributed by atoms with Crippen LogP contribution in [-0.4, -0.2) is 28.4 Å². The quantitative estimate of drug-likeness (QED) is 0.462. The lowest BCUT2D eigenvalue weighted by atomic mass is 9.95. The van der Waals surface area contributed by atoms with Gasteiger partial charge in [0.2, 0.25) is 0 Å². The van der Waals surface area contributed by atoms with Gasteiger partial charge in [0, 0.05) is 15.6 Å². The fourth-order valence-electron chi connectivity index (χ4n) is 3.94. The lowest BCUT2D eigenvalue weighted by Crippen LogP contribution is -2.40. The number of ether oxygens (including phenoxy) is 2. The molecule has 1 unspecified atom stereocenters. The molecule has 1 atom stereocenters. The fraction of sp³-hybridized carbons (Fsp3) is 0.269. The van der Waals surface area contributed by atoms with Crippen LogP contribution in [-0.2, 0) is 9.53 Å². The van der Waals surface area contributed by atoms with E-state index in [2.05, 4.69) is 20.9 Å². The number of fused-ring (bicyclic) bond motifs is 1. The molecule has 2 heterocycles. The summed E-state index contributed by atoms with van der Waals surface area (Å²) in [6.45, 7) is 7.50. The second-order valence-electron chi connectivity index (χ2n) is 8.21. The summed E-state index contributed by atoms with van der Waals surface area (Å²) in [7, 11) is 0. The smallest absolute Gasteiger partial charge is 0.338 e. The van der Waals surface area contributed by atoms with Crippen LogP contribution in [0.2, 0.25) is 0 Å². The number of benzene rings is 2. The zero-order valence-electron chi connectivity index (χ0n) is 19.7. The number of halogens is 1. The van der Waals surface area contributed by atoms with Gasteiger partial charge in [-0.3, -0.25) is 9.36 Å². The zero-order chi connectivity index (χ0) is 25.3. The molecule has 0 radical (unpaired) electrons. The fourth-order valence-corrected chi connectivity index (χ4v) is 5.35. The van der Waals surface area contributed by atoms with Gasteiger partial charge in [0.1, 0.15) is 17.5 Å². The molecule has 1 N–H and O–H groups in total. The van der Waals surface area contributed by atoms with E-state index in [4.69, 9.17) is 9.47 Å². The van der Waals surface area contributed by atoms with E-state index < -0.39 is 12.0 Å². The van der Waals surface area contributed by atoms with Crippen LogP contribution in [0.3, 0.4) is 0 Å². The molecule has 1 aromatic heterocycles. The average molecular weight is 557 g/mol. The number of hydrogen-bond acceptors (Lipinski definition) is 7. The number of phenols is 1. The van der Waals surface area contributed by atoms with Crippen molar-refractivity contribution in [3.8, 4) is 11.5 Å². The lowest BCUT2D eigenvalue weighted by Gasteiger charge is -2.26. The Morgan fingerprint density at radius 1 is 1.29 bits per heavy atom. The molecule has 0 amide bonds. The molecule has 0 saturated carbocycles. The minimum absolute atomic E-state index is 0.0506. The molecule has 0 saturated heterocycles. The predicted octanol–water partition coefficient (Wildman–Crippen LogP) is 4.05.